The molecule has 0 radical (unpaired) electrons. The second-order valence-corrected chi connectivity index (χ2v) is 15.4. The van der Waals surface area contributed by atoms with Crippen molar-refractivity contribution in [3.8, 4) is 17.3 Å². The Morgan fingerprint density at radius 1 is 1.16 bits per heavy atom. The van der Waals surface area contributed by atoms with E-state index in [1.807, 2.05) is 29.2 Å². The van der Waals surface area contributed by atoms with Crippen LogP contribution in [0, 0.1) is 5.82 Å². The number of amides is 2. The molecule has 51 heavy (non-hydrogen) atoms. The van der Waals surface area contributed by atoms with Crippen LogP contribution in [0.25, 0.3) is 32.9 Å². The fraction of sp³-hybridized carbons (Fsp3) is 0.486. The fourth-order valence-corrected chi connectivity index (χ4v) is 8.28. The number of halogens is 3. The zero-order valence-corrected chi connectivity index (χ0v) is 29.9. The number of carbonyl (C=O) groups excluding carboxylic acids is 2. The van der Waals surface area contributed by atoms with E-state index in [4.69, 9.17) is 31.8 Å². The van der Waals surface area contributed by atoms with E-state index >= 15 is 4.39 Å². The molecule has 4 atom stereocenters. The van der Waals surface area contributed by atoms with Crippen molar-refractivity contribution in [3.05, 3.63) is 53.4 Å². The maximum absolute atomic E-state index is 16.9. The van der Waals surface area contributed by atoms with Crippen LogP contribution in [-0.4, -0.2) is 99.4 Å². The summed E-state index contributed by atoms with van der Waals surface area (Å²) in [7, 11) is 1.79. The SMILES string of the molecule is CN(c1nc(OC[C@@]23CCCN2C[C@H](F)C3)nc2c(F)c(-c3cccc4cccc(Cl)c34)ncc12)[C@@H]1C[C@H](CC(N)=O)N(C(=O)OC(C)(C)C)C1. The summed E-state index contributed by atoms with van der Waals surface area (Å²) >= 11 is 6.62. The van der Waals surface area contributed by atoms with Crippen molar-refractivity contribution in [3.63, 3.8) is 0 Å². The molecule has 7 rings (SSSR count). The molecule has 3 aliphatic heterocycles. The van der Waals surface area contributed by atoms with Gasteiger partial charge >= 0.3 is 12.1 Å². The quantitative estimate of drug-likeness (QED) is 0.224. The first-order valence-electron chi connectivity index (χ1n) is 17.3. The zero-order valence-electron chi connectivity index (χ0n) is 29.2. The molecule has 2 N–H and O–H groups in total. The third-order valence-electron chi connectivity index (χ3n) is 10.3. The van der Waals surface area contributed by atoms with Crippen molar-refractivity contribution in [2.75, 3.05) is 38.2 Å². The van der Waals surface area contributed by atoms with Gasteiger partial charge in [-0.05, 0) is 58.0 Å². The summed E-state index contributed by atoms with van der Waals surface area (Å²) in [4.78, 5) is 44.8. The van der Waals surface area contributed by atoms with Crippen molar-refractivity contribution in [2.24, 2.45) is 5.73 Å². The first-order valence-corrected chi connectivity index (χ1v) is 17.7. The molecule has 2 amide bonds. The topological polar surface area (TPSA) is 127 Å². The van der Waals surface area contributed by atoms with Crippen LogP contribution in [0.4, 0.5) is 19.4 Å². The number of rotatable bonds is 8. The summed E-state index contributed by atoms with van der Waals surface area (Å²) < 4.78 is 43.4. The predicted octanol–water partition coefficient (Wildman–Crippen LogP) is 6.28. The minimum absolute atomic E-state index is 0.0119. The highest BCUT2D eigenvalue weighted by Crippen LogP contribution is 2.42. The van der Waals surface area contributed by atoms with Gasteiger partial charge in [-0.15, -0.1) is 0 Å². The van der Waals surface area contributed by atoms with Crippen molar-refractivity contribution < 1.29 is 27.8 Å². The van der Waals surface area contributed by atoms with Crippen LogP contribution < -0.4 is 15.4 Å². The Morgan fingerprint density at radius 2 is 1.92 bits per heavy atom. The number of fused-ring (bicyclic) bond motifs is 3. The number of anilines is 1. The van der Waals surface area contributed by atoms with Crippen molar-refractivity contribution in [1.82, 2.24) is 24.8 Å². The molecule has 3 fully saturated rings. The molecule has 2 aromatic heterocycles. The number of pyridine rings is 1. The third kappa shape index (κ3) is 6.73. The highest BCUT2D eigenvalue weighted by atomic mass is 35.5. The number of aromatic nitrogens is 3. The monoisotopic (exact) mass is 721 g/mol. The summed E-state index contributed by atoms with van der Waals surface area (Å²) in [6, 6.07) is 10.0. The van der Waals surface area contributed by atoms with Gasteiger partial charge in [0.1, 0.15) is 35.4 Å². The minimum atomic E-state index is -0.949. The van der Waals surface area contributed by atoms with Gasteiger partial charge in [0.05, 0.1) is 10.9 Å². The maximum Gasteiger partial charge on any atom is 0.410 e. The molecule has 3 saturated heterocycles. The summed E-state index contributed by atoms with van der Waals surface area (Å²) in [6.07, 6.45) is 2.40. The normalized spacial score (nSPS) is 23.6. The lowest BCUT2D eigenvalue weighted by Crippen LogP contribution is -2.43. The van der Waals surface area contributed by atoms with Gasteiger partial charge in [-0.1, -0.05) is 41.9 Å². The highest BCUT2D eigenvalue weighted by molar-refractivity contribution is 6.36. The second kappa shape index (κ2) is 13.3. The van der Waals surface area contributed by atoms with E-state index in [1.165, 1.54) is 11.1 Å². The van der Waals surface area contributed by atoms with E-state index in [9.17, 15) is 14.0 Å². The molecule has 5 heterocycles. The number of primary amides is 1. The summed E-state index contributed by atoms with van der Waals surface area (Å²) in [5.74, 6) is -0.899. The van der Waals surface area contributed by atoms with Gasteiger partial charge in [-0.3, -0.25) is 14.7 Å². The smallest absolute Gasteiger partial charge is 0.410 e. The average molecular weight is 722 g/mol. The number of hydrogen-bond acceptors (Lipinski definition) is 9. The lowest BCUT2D eigenvalue weighted by Gasteiger charge is -2.31. The van der Waals surface area contributed by atoms with Gasteiger partial charge in [0.2, 0.25) is 5.91 Å². The molecular formula is C37H42ClF2N7O4. The summed E-state index contributed by atoms with van der Waals surface area (Å²) in [5.41, 5.74) is 4.92. The lowest BCUT2D eigenvalue weighted by atomic mass is 9.95. The molecule has 0 unspecified atom stereocenters. The van der Waals surface area contributed by atoms with E-state index in [-0.39, 0.29) is 42.8 Å². The standard InChI is InChI=1S/C37H42ClF2N7O4/c1-36(2,3)51-35(49)47-19-24(14-23(47)15-28(41)48)45(4)33-26-17-42-31(25-10-5-8-21-9-6-11-27(38)29(21)25)30(40)32(26)43-34(44-33)50-20-37-12-7-13-46(37)18-22(39)16-37/h5-6,8-11,17,22-24H,7,12-16,18-20H2,1-4H3,(H2,41,48)/t22-,23-,24-,37+/m1/s1. The highest BCUT2D eigenvalue weighted by Gasteiger charge is 2.49. The third-order valence-corrected chi connectivity index (χ3v) is 10.6. The molecule has 4 aromatic rings. The second-order valence-electron chi connectivity index (χ2n) is 15.0. The van der Waals surface area contributed by atoms with E-state index in [0.29, 0.717) is 46.6 Å². The number of likely N-dealkylation sites (tertiary alicyclic amines) is 1. The van der Waals surface area contributed by atoms with Crippen LogP contribution >= 0.6 is 11.6 Å². The van der Waals surface area contributed by atoms with Gasteiger partial charge < -0.3 is 25.0 Å². The summed E-state index contributed by atoms with van der Waals surface area (Å²) in [6.45, 7) is 6.81. The number of hydrogen-bond donors (Lipinski definition) is 1. The minimum Gasteiger partial charge on any atom is -0.461 e. The maximum atomic E-state index is 16.9. The van der Waals surface area contributed by atoms with Crippen LogP contribution in [0.15, 0.2) is 42.6 Å². The van der Waals surface area contributed by atoms with E-state index in [0.717, 1.165) is 24.8 Å². The summed E-state index contributed by atoms with van der Waals surface area (Å²) in [5, 5.41) is 2.27. The van der Waals surface area contributed by atoms with Crippen LogP contribution in [0.1, 0.15) is 52.9 Å². The Hall–Kier alpha value is -4.36. The van der Waals surface area contributed by atoms with Gasteiger partial charge in [-0.2, -0.15) is 9.97 Å². The van der Waals surface area contributed by atoms with Crippen LogP contribution in [0.3, 0.4) is 0 Å². The van der Waals surface area contributed by atoms with E-state index in [1.54, 1.807) is 40.0 Å². The number of likely N-dealkylation sites (N-methyl/N-ethyl adjacent to an activating group) is 1. The Bertz CT molecular complexity index is 2010. The van der Waals surface area contributed by atoms with Crippen LogP contribution in [-0.2, 0) is 9.53 Å². The Balaban J connectivity index is 1.30. The first kappa shape index (κ1) is 35.1. The molecule has 0 spiro atoms. The van der Waals surface area contributed by atoms with Gasteiger partial charge in [0, 0.05) is 67.2 Å². The average Bonchev–Trinajstić information content (AvgIpc) is 3.74. The lowest BCUT2D eigenvalue weighted by molar-refractivity contribution is -0.118. The van der Waals surface area contributed by atoms with Crippen molar-refractivity contribution >= 4 is 51.1 Å². The molecule has 14 heteroatoms. The predicted molar refractivity (Wildman–Crippen MR) is 191 cm³/mol. The number of alkyl halides is 1. The zero-order chi connectivity index (χ0) is 36.2. The number of nitrogens with two attached hydrogens (primary N) is 1. The molecule has 2 aromatic carbocycles. The Kier molecular flexibility index (Phi) is 9.16. The molecular weight excluding hydrogens is 680 g/mol. The van der Waals surface area contributed by atoms with E-state index < -0.39 is 41.2 Å². The molecule has 0 aliphatic carbocycles. The fourth-order valence-electron chi connectivity index (χ4n) is 8.00. The van der Waals surface area contributed by atoms with Gasteiger partial charge in [0.25, 0.3) is 0 Å². The number of benzene rings is 2. The molecule has 0 saturated carbocycles. The molecule has 3 aliphatic rings. The number of nitrogens with zero attached hydrogens (tertiary/aromatic N) is 6. The van der Waals surface area contributed by atoms with Gasteiger partial charge in [-0.25, -0.2) is 13.6 Å². The van der Waals surface area contributed by atoms with Crippen molar-refractivity contribution in [1.29, 1.82) is 0 Å². The Morgan fingerprint density at radius 3 is 2.67 bits per heavy atom. The first-order chi connectivity index (χ1) is 24.2. The van der Waals surface area contributed by atoms with E-state index in [2.05, 4.69) is 14.9 Å². The van der Waals surface area contributed by atoms with Crippen LogP contribution in [0.2, 0.25) is 5.02 Å². The number of ether oxygens (including phenoxy) is 2. The van der Waals surface area contributed by atoms with Crippen LogP contribution in [0.5, 0.6) is 6.01 Å². The van der Waals surface area contributed by atoms with Gasteiger partial charge in [0.15, 0.2) is 5.82 Å². The molecule has 11 nitrogen and oxygen atoms in total. The largest absolute Gasteiger partial charge is 0.461 e. The molecule has 0 bridgehead atoms. The molecule has 270 valence electrons. The van der Waals surface area contributed by atoms with Crippen molar-refractivity contribution in [2.45, 2.75) is 82.3 Å². The number of carbonyl (C=O) groups is 2. The Labute approximate surface area is 300 Å².